The van der Waals surface area contributed by atoms with E-state index in [0.29, 0.717) is 11.7 Å². The zero-order chi connectivity index (χ0) is 16.4. The van der Waals surface area contributed by atoms with Crippen LogP contribution in [-0.4, -0.2) is 46.2 Å². The number of thiophene rings is 1. The maximum atomic E-state index is 5.49. The van der Waals surface area contributed by atoms with Crippen molar-refractivity contribution in [2.75, 3.05) is 31.1 Å². The molecule has 4 rings (SSSR count). The second-order valence-electron chi connectivity index (χ2n) is 5.82. The maximum Gasteiger partial charge on any atom is 0.244 e. The minimum absolute atomic E-state index is 0.122. The van der Waals surface area contributed by atoms with Gasteiger partial charge in [-0.2, -0.15) is 4.98 Å². The first-order chi connectivity index (χ1) is 11.8. The van der Waals surface area contributed by atoms with Crippen LogP contribution in [0.2, 0.25) is 0 Å². The predicted molar refractivity (Wildman–Crippen MR) is 94.0 cm³/mol. The Labute approximate surface area is 144 Å². The molecule has 0 saturated carbocycles. The van der Waals surface area contributed by atoms with Crippen LogP contribution in [0.25, 0.3) is 10.7 Å². The van der Waals surface area contributed by atoms with Gasteiger partial charge in [-0.1, -0.05) is 17.3 Å². The molecule has 3 aromatic heterocycles. The minimum atomic E-state index is 0.122. The topological polar surface area (TPSA) is 58.3 Å². The Balaban J connectivity index is 1.40. The van der Waals surface area contributed by atoms with Crippen molar-refractivity contribution in [1.29, 1.82) is 0 Å². The van der Waals surface area contributed by atoms with E-state index in [4.69, 9.17) is 4.52 Å². The van der Waals surface area contributed by atoms with Crippen LogP contribution in [0.15, 0.2) is 46.4 Å². The molecular weight excluding hydrogens is 322 g/mol. The summed E-state index contributed by atoms with van der Waals surface area (Å²) in [4.78, 5) is 14.7. The smallest absolute Gasteiger partial charge is 0.244 e. The van der Waals surface area contributed by atoms with Crippen LogP contribution in [0.1, 0.15) is 18.9 Å². The van der Waals surface area contributed by atoms with Crippen LogP contribution >= 0.6 is 11.3 Å². The van der Waals surface area contributed by atoms with Gasteiger partial charge in [-0.3, -0.25) is 4.90 Å². The Morgan fingerprint density at radius 3 is 2.71 bits per heavy atom. The van der Waals surface area contributed by atoms with Crippen LogP contribution < -0.4 is 4.90 Å². The summed E-state index contributed by atoms with van der Waals surface area (Å²) in [6, 6.07) is 10.2. The largest absolute Gasteiger partial charge is 0.354 e. The molecular formula is C17H19N5OS. The molecule has 0 aliphatic carbocycles. The summed E-state index contributed by atoms with van der Waals surface area (Å²) in [6.07, 6.45) is 1.84. The number of aromatic nitrogens is 3. The second-order valence-corrected chi connectivity index (χ2v) is 6.77. The fourth-order valence-electron chi connectivity index (χ4n) is 2.95. The van der Waals surface area contributed by atoms with Gasteiger partial charge in [0.05, 0.1) is 10.9 Å². The van der Waals surface area contributed by atoms with Gasteiger partial charge in [0.25, 0.3) is 0 Å². The van der Waals surface area contributed by atoms with Crippen molar-refractivity contribution in [3.8, 4) is 10.7 Å². The van der Waals surface area contributed by atoms with Gasteiger partial charge in [0, 0.05) is 32.4 Å². The summed E-state index contributed by atoms with van der Waals surface area (Å²) in [6.45, 7) is 5.94. The number of hydrogen-bond donors (Lipinski definition) is 0. The zero-order valence-corrected chi connectivity index (χ0v) is 14.3. The summed E-state index contributed by atoms with van der Waals surface area (Å²) in [5, 5.41) is 6.13. The van der Waals surface area contributed by atoms with Crippen molar-refractivity contribution < 1.29 is 4.52 Å². The summed E-state index contributed by atoms with van der Waals surface area (Å²) < 4.78 is 5.49. The van der Waals surface area contributed by atoms with Crippen LogP contribution in [0.5, 0.6) is 0 Å². The number of pyridine rings is 1. The molecule has 24 heavy (non-hydrogen) atoms. The van der Waals surface area contributed by atoms with Gasteiger partial charge in [0.1, 0.15) is 5.82 Å². The van der Waals surface area contributed by atoms with Crippen molar-refractivity contribution in [1.82, 2.24) is 20.0 Å². The third-order valence-electron chi connectivity index (χ3n) is 4.38. The molecule has 0 N–H and O–H groups in total. The van der Waals surface area contributed by atoms with Crippen molar-refractivity contribution in [3.05, 3.63) is 47.8 Å². The van der Waals surface area contributed by atoms with Gasteiger partial charge < -0.3 is 9.42 Å². The predicted octanol–water partition coefficient (Wildman–Crippen LogP) is 3.08. The standard InChI is InChI=1S/C17H19N5OS/c1-13(17-19-16(20-23-17)14-5-4-12-24-14)21-8-10-22(11-9-21)15-6-2-3-7-18-15/h2-7,12-13H,8-11H2,1H3. The molecule has 0 aromatic carbocycles. The van der Waals surface area contributed by atoms with Crippen LogP contribution in [0, 0.1) is 0 Å². The first-order valence-corrected chi connectivity index (χ1v) is 8.97. The lowest BCUT2D eigenvalue weighted by Crippen LogP contribution is -2.47. The Bertz CT molecular complexity index is 765. The average Bonchev–Trinajstić information content (AvgIpc) is 3.33. The molecule has 1 unspecified atom stereocenters. The van der Waals surface area contributed by atoms with E-state index in [9.17, 15) is 0 Å². The van der Waals surface area contributed by atoms with Crippen molar-refractivity contribution in [3.63, 3.8) is 0 Å². The second kappa shape index (κ2) is 6.70. The van der Waals surface area contributed by atoms with Crippen LogP contribution in [-0.2, 0) is 0 Å². The van der Waals surface area contributed by atoms with E-state index in [1.54, 1.807) is 11.3 Å². The first-order valence-electron chi connectivity index (χ1n) is 8.09. The van der Waals surface area contributed by atoms with Crippen molar-refractivity contribution >= 4 is 17.2 Å². The van der Waals surface area contributed by atoms with Crippen LogP contribution in [0.3, 0.4) is 0 Å². The fourth-order valence-corrected chi connectivity index (χ4v) is 3.60. The number of piperazine rings is 1. The van der Waals surface area contributed by atoms with E-state index in [-0.39, 0.29) is 6.04 Å². The van der Waals surface area contributed by atoms with Crippen LogP contribution in [0.4, 0.5) is 5.82 Å². The van der Waals surface area contributed by atoms with Gasteiger partial charge in [-0.05, 0) is 30.5 Å². The summed E-state index contributed by atoms with van der Waals surface area (Å²) in [7, 11) is 0. The summed E-state index contributed by atoms with van der Waals surface area (Å²) >= 11 is 1.62. The molecule has 0 radical (unpaired) electrons. The molecule has 0 amide bonds. The maximum absolute atomic E-state index is 5.49. The van der Waals surface area contributed by atoms with E-state index in [1.807, 2.05) is 35.8 Å². The number of nitrogens with zero attached hydrogens (tertiary/aromatic N) is 5. The third-order valence-corrected chi connectivity index (χ3v) is 5.24. The lowest BCUT2D eigenvalue weighted by molar-refractivity contribution is 0.164. The van der Waals surface area contributed by atoms with Crippen molar-refractivity contribution in [2.24, 2.45) is 0 Å². The van der Waals surface area contributed by atoms with E-state index in [1.165, 1.54) is 0 Å². The van der Waals surface area contributed by atoms with Gasteiger partial charge >= 0.3 is 0 Å². The molecule has 1 aliphatic heterocycles. The number of hydrogen-bond acceptors (Lipinski definition) is 7. The molecule has 1 fully saturated rings. The number of anilines is 1. The molecule has 7 heteroatoms. The number of rotatable bonds is 4. The zero-order valence-electron chi connectivity index (χ0n) is 13.5. The van der Waals surface area contributed by atoms with E-state index in [0.717, 1.165) is 36.9 Å². The first kappa shape index (κ1) is 15.3. The monoisotopic (exact) mass is 341 g/mol. The van der Waals surface area contributed by atoms with Gasteiger partial charge in [0.15, 0.2) is 0 Å². The Morgan fingerprint density at radius 1 is 1.12 bits per heavy atom. The molecule has 1 saturated heterocycles. The molecule has 0 bridgehead atoms. The third kappa shape index (κ3) is 3.05. The van der Waals surface area contributed by atoms with Gasteiger partial charge in [-0.15, -0.1) is 11.3 Å². The Kier molecular flexibility index (Phi) is 4.27. The lowest BCUT2D eigenvalue weighted by atomic mass is 10.2. The Morgan fingerprint density at radius 2 is 2.00 bits per heavy atom. The highest BCUT2D eigenvalue weighted by molar-refractivity contribution is 7.13. The SMILES string of the molecule is CC(c1nc(-c2cccs2)no1)N1CCN(c2ccccn2)CC1. The van der Waals surface area contributed by atoms with E-state index in [2.05, 4.69) is 37.9 Å². The summed E-state index contributed by atoms with van der Waals surface area (Å²) in [5.41, 5.74) is 0. The van der Waals surface area contributed by atoms with E-state index >= 15 is 0 Å². The van der Waals surface area contributed by atoms with Crippen molar-refractivity contribution in [2.45, 2.75) is 13.0 Å². The molecule has 1 aliphatic rings. The molecule has 124 valence electrons. The molecule has 6 nitrogen and oxygen atoms in total. The Hall–Kier alpha value is -2.25. The molecule has 0 spiro atoms. The highest BCUT2D eigenvalue weighted by Gasteiger charge is 2.26. The minimum Gasteiger partial charge on any atom is -0.354 e. The van der Waals surface area contributed by atoms with E-state index < -0.39 is 0 Å². The normalized spacial score (nSPS) is 17.1. The fraction of sp³-hybridized carbons (Fsp3) is 0.353. The molecule has 4 heterocycles. The molecule has 1 atom stereocenters. The highest BCUT2D eigenvalue weighted by Crippen LogP contribution is 2.26. The summed E-state index contributed by atoms with van der Waals surface area (Å²) in [5.74, 6) is 2.41. The highest BCUT2D eigenvalue weighted by atomic mass is 32.1. The van der Waals surface area contributed by atoms with Gasteiger partial charge in [0.2, 0.25) is 11.7 Å². The molecule has 3 aromatic rings. The van der Waals surface area contributed by atoms with Gasteiger partial charge in [-0.25, -0.2) is 4.98 Å². The lowest BCUT2D eigenvalue weighted by Gasteiger charge is -2.37. The quantitative estimate of drug-likeness (QED) is 0.727. The average molecular weight is 341 g/mol.